The van der Waals surface area contributed by atoms with Gasteiger partial charge in [-0.05, 0) is 76.2 Å². The van der Waals surface area contributed by atoms with Crippen molar-refractivity contribution in [3.8, 4) is 0 Å². The molecule has 0 aromatic heterocycles. The summed E-state index contributed by atoms with van der Waals surface area (Å²) in [6, 6.07) is 10.8. The van der Waals surface area contributed by atoms with Crippen LogP contribution < -0.4 is 0 Å². The molecule has 1 aromatic rings. The molecule has 0 spiro atoms. The van der Waals surface area contributed by atoms with Crippen LogP contribution >= 0.6 is 0 Å². The predicted molar refractivity (Wildman–Crippen MR) is 103 cm³/mol. The number of aryl methyl sites for hydroxylation is 1. The van der Waals surface area contributed by atoms with Crippen LogP contribution in [0, 0.1) is 0 Å². The second-order valence-electron chi connectivity index (χ2n) is 7.14. The van der Waals surface area contributed by atoms with Crippen LogP contribution in [0.2, 0.25) is 0 Å². The number of hydrogen-bond acceptors (Lipinski definition) is 2. The van der Waals surface area contributed by atoms with Crippen molar-refractivity contribution in [2.45, 2.75) is 58.0 Å². The number of benzene rings is 1. The van der Waals surface area contributed by atoms with E-state index in [9.17, 15) is 5.11 Å². The lowest BCUT2D eigenvalue weighted by Gasteiger charge is -2.21. The van der Waals surface area contributed by atoms with Gasteiger partial charge in [0.05, 0.1) is 5.60 Å². The van der Waals surface area contributed by atoms with E-state index in [4.69, 9.17) is 0 Å². The summed E-state index contributed by atoms with van der Waals surface area (Å²) in [7, 11) is 0. The zero-order valence-corrected chi connectivity index (χ0v) is 15.4. The van der Waals surface area contributed by atoms with E-state index in [0.29, 0.717) is 0 Å². The molecule has 2 nitrogen and oxygen atoms in total. The van der Waals surface area contributed by atoms with Crippen molar-refractivity contribution in [2.75, 3.05) is 19.6 Å². The van der Waals surface area contributed by atoms with Crippen LogP contribution in [0.5, 0.6) is 0 Å². The van der Waals surface area contributed by atoms with Crippen LogP contribution in [-0.4, -0.2) is 35.2 Å². The van der Waals surface area contributed by atoms with Gasteiger partial charge in [-0.2, -0.15) is 0 Å². The SMILES string of the molecule is CCN(CCCC1=CC(C)(O)CCC=C1)CCCc1ccccc1. The molecular formula is C22H33NO. The minimum Gasteiger partial charge on any atom is -0.386 e. The molecule has 2 heteroatoms. The van der Waals surface area contributed by atoms with Crippen molar-refractivity contribution in [3.63, 3.8) is 0 Å². The van der Waals surface area contributed by atoms with E-state index in [2.05, 4.69) is 60.4 Å². The molecule has 0 saturated carbocycles. The Hall–Kier alpha value is -1.38. The molecule has 0 fully saturated rings. The summed E-state index contributed by atoms with van der Waals surface area (Å²) in [6.07, 6.45) is 12.8. The first-order chi connectivity index (χ1) is 11.6. The van der Waals surface area contributed by atoms with Gasteiger partial charge in [-0.25, -0.2) is 0 Å². The van der Waals surface area contributed by atoms with E-state index < -0.39 is 5.60 Å². The zero-order valence-electron chi connectivity index (χ0n) is 15.4. The Morgan fingerprint density at radius 3 is 2.50 bits per heavy atom. The number of rotatable bonds is 9. The smallest absolute Gasteiger partial charge is 0.0808 e. The summed E-state index contributed by atoms with van der Waals surface area (Å²) < 4.78 is 0. The van der Waals surface area contributed by atoms with Crippen molar-refractivity contribution in [1.29, 1.82) is 0 Å². The molecule has 1 aliphatic carbocycles. The van der Waals surface area contributed by atoms with Gasteiger partial charge < -0.3 is 10.0 Å². The lowest BCUT2D eigenvalue weighted by molar-refractivity contribution is 0.103. The molecule has 0 bridgehead atoms. The van der Waals surface area contributed by atoms with E-state index in [-0.39, 0.29) is 0 Å². The average Bonchev–Trinajstić information content (AvgIpc) is 2.74. The molecular weight excluding hydrogens is 294 g/mol. The van der Waals surface area contributed by atoms with E-state index in [1.807, 2.05) is 6.92 Å². The summed E-state index contributed by atoms with van der Waals surface area (Å²) in [5, 5.41) is 10.3. The van der Waals surface area contributed by atoms with Crippen LogP contribution in [0.15, 0.2) is 54.1 Å². The fourth-order valence-electron chi connectivity index (χ4n) is 3.37. The molecule has 1 N–H and O–H groups in total. The van der Waals surface area contributed by atoms with Crippen molar-refractivity contribution < 1.29 is 5.11 Å². The Balaban J connectivity index is 1.70. The summed E-state index contributed by atoms with van der Waals surface area (Å²) in [4.78, 5) is 2.54. The van der Waals surface area contributed by atoms with E-state index in [0.717, 1.165) is 51.7 Å². The summed E-state index contributed by atoms with van der Waals surface area (Å²) >= 11 is 0. The van der Waals surface area contributed by atoms with Gasteiger partial charge in [-0.1, -0.05) is 55.5 Å². The maximum atomic E-state index is 10.3. The van der Waals surface area contributed by atoms with Crippen molar-refractivity contribution in [1.82, 2.24) is 4.90 Å². The second kappa shape index (κ2) is 9.80. The average molecular weight is 328 g/mol. The molecule has 1 aliphatic rings. The molecule has 0 amide bonds. The first-order valence-corrected chi connectivity index (χ1v) is 9.46. The normalized spacial score (nSPS) is 20.9. The second-order valence-corrected chi connectivity index (χ2v) is 7.14. The third-order valence-electron chi connectivity index (χ3n) is 4.82. The van der Waals surface area contributed by atoms with Gasteiger partial charge in [-0.3, -0.25) is 0 Å². The highest BCUT2D eigenvalue weighted by Crippen LogP contribution is 2.23. The quantitative estimate of drug-likeness (QED) is 0.707. The largest absolute Gasteiger partial charge is 0.386 e. The van der Waals surface area contributed by atoms with Crippen LogP contribution in [0.3, 0.4) is 0 Å². The van der Waals surface area contributed by atoms with Crippen molar-refractivity contribution in [3.05, 3.63) is 59.7 Å². The first-order valence-electron chi connectivity index (χ1n) is 9.46. The van der Waals surface area contributed by atoms with Gasteiger partial charge in [0.2, 0.25) is 0 Å². The fraction of sp³-hybridized carbons (Fsp3) is 0.545. The number of hydrogen-bond donors (Lipinski definition) is 1. The molecule has 0 saturated heterocycles. The van der Waals surface area contributed by atoms with Gasteiger partial charge in [0.1, 0.15) is 0 Å². The molecule has 0 heterocycles. The maximum absolute atomic E-state index is 10.3. The topological polar surface area (TPSA) is 23.5 Å². The minimum absolute atomic E-state index is 0.640. The van der Waals surface area contributed by atoms with Crippen LogP contribution in [-0.2, 0) is 6.42 Å². The van der Waals surface area contributed by atoms with Gasteiger partial charge in [0, 0.05) is 0 Å². The molecule has 24 heavy (non-hydrogen) atoms. The molecule has 2 rings (SSSR count). The number of nitrogens with zero attached hydrogens (tertiary/aromatic N) is 1. The van der Waals surface area contributed by atoms with E-state index in [1.54, 1.807) is 0 Å². The molecule has 1 unspecified atom stereocenters. The lowest BCUT2D eigenvalue weighted by Crippen LogP contribution is -2.26. The number of allylic oxidation sites excluding steroid dienone is 3. The molecule has 1 aromatic carbocycles. The van der Waals surface area contributed by atoms with Crippen LogP contribution in [0.25, 0.3) is 0 Å². The number of aliphatic hydroxyl groups is 1. The summed E-state index contributed by atoms with van der Waals surface area (Å²) in [5.41, 5.74) is 2.08. The first kappa shape index (κ1) is 19.0. The maximum Gasteiger partial charge on any atom is 0.0808 e. The third kappa shape index (κ3) is 7.02. The minimum atomic E-state index is -0.640. The van der Waals surface area contributed by atoms with E-state index >= 15 is 0 Å². The Morgan fingerprint density at radius 2 is 1.79 bits per heavy atom. The molecule has 1 atom stereocenters. The summed E-state index contributed by atoms with van der Waals surface area (Å²) in [6.45, 7) is 7.58. The highest BCUT2D eigenvalue weighted by molar-refractivity contribution is 5.24. The molecule has 0 radical (unpaired) electrons. The van der Waals surface area contributed by atoms with E-state index in [1.165, 1.54) is 17.6 Å². The molecule has 132 valence electrons. The monoisotopic (exact) mass is 327 g/mol. The van der Waals surface area contributed by atoms with Crippen molar-refractivity contribution >= 4 is 0 Å². The highest BCUT2D eigenvalue weighted by atomic mass is 16.3. The fourth-order valence-corrected chi connectivity index (χ4v) is 3.37. The zero-order chi connectivity index (χ0) is 17.3. The van der Waals surface area contributed by atoms with Crippen LogP contribution in [0.1, 0.15) is 51.5 Å². The van der Waals surface area contributed by atoms with Gasteiger partial charge in [0.15, 0.2) is 0 Å². The van der Waals surface area contributed by atoms with Gasteiger partial charge in [0.25, 0.3) is 0 Å². The third-order valence-corrected chi connectivity index (χ3v) is 4.82. The summed E-state index contributed by atoms with van der Waals surface area (Å²) in [5.74, 6) is 0. The Morgan fingerprint density at radius 1 is 1.08 bits per heavy atom. The highest BCUT2D eigenvalue weighted by Gasteiger charge is 2.18. The van der Waals surface area contributed by atoms with Gasteiger partial charge >= 0.3 is 0 Å². The van der Waals surface area contributed by atoms with Crippen molar-refractivity contribution in [2.24, 2.45) is 0 Å². The van der Waals surface area contributed by atoms with Crippen LogP contribution in [0.4, 0.5) is 0 Å². The standard InChI is InChI=1S/C22H33NO/c1-3-23(17-9-14-20-11-5-4-6-12-20)18-10-15-21-13-7-8-16-22(2,24)19-21/h4-7,11-13,19,24H,3,8-10,14-18H2,1-2H3. The Labute approximate surface area is 147 Å². The Bertz CT molecular complexity index is 530. The molecule has 0 aliphatic heterocycles. The Kier molecular flexibility index (Phi) is 7.74. The van der Waals surface area contributed by atoms with Gasteiger partial charge in [-0.15, -0.1) is 0 Å². The predicted octanol–water partition coefficient (Wildman–Crippen LogP) is 4.75. The lowest BCUT2D eigenvalue weighted by atomic mass is 9.98.